The number of alkyl halides is 1. The topological polar surface area (TPSA) is 169 Å². The first-order chi connectivity index (χ1) is 10.2. The fraction of sp³-hybridized carbons (Fsp3) is 0.727. The van der Waals surface area contributed by atoms with Crippen LogP contribution in [-0.2, 0) is 33.3 Å². The lowest BCUT2D eigenvalue weighted by Crippen LogP contribution is -2.82. The third-order valence-electron chi connectivity index (χ3n) is 2.73. The van der Waals surface area contributed by atoms with Crippen LogP contribution in [0.25, 0.3) is 0 Å². The van der Waals surface area contributed by atoms with Crippen LogP contribution in [-0.4, -0.2) is 67.0 Å². The van der Waals surface area contributed by atoms with Crippen molar-refractivity contribution in [1.29, 1.82) is 0 Å². The van der Waals surface area contributed by atoms with Gasteiger partial charge < -0.3 is 39.4 Å². The molecule has 0 amide bonds. The number of ether oxygens (including phenoxy) is 4. The first kappa shape index (κ1) is 19.7. The Balaban J connectivity index is 3.58. The van der Waals surface area contributed by atoms with Gasteiger partial charge in [0.15, 0.2) is 0 Å². The van der Waals surface area contributed by atoms with E-state index in [-0.39, 0.29) is 0 Å². The third kappa shape index (κ3) is 3.18. The molecule has 132 valence electrons. The van der Waals surface area contributed by atoms with E-state index in [0.29, 0.717) is 0 Å². The zero-order chi connectivity index (χ0) is 18.3. The Kier molecular flexibility index (Phi) is 5.11. The number of esters is 3. The van der Waals surface area contributed by atoms with E-state index in [2.05, 4.69) is 34.9 Å². The molecule has 0 aromatic carbocycles. The Hall–Kier alpha value is -1.31. The van der Waals surface area contributed by atoms with E-state index in [0.717, 1.165) is 20.8 Å². The van der Waals surface area contributed by atoms with Gasteiger partial charge in [-0.3, -0.25) is 14.4 Å². The number of hydrogen-bond acceptors (Lipinski definition) is 11. The molecule has 1 rings (SSSR count). The summed E-state index contributed by atoms with van der Waals surface area (Å²) >= 11 is 2.53. The average molecular weight is 403 g/mol. The molecule has 1 unspecified atom stereocenters. The summed E-state index contributed by atoms with van der Waals surface area (Å²) in [6.07, 6.45) is 0. The van der Waals surface area contributed by atoms with Crippen molar-refractivity contribution in [2.45, 2.75) is 42.8 Å². The average Bonchev–Trinajstić information content (AvgIpc) is 2.32. The van der Waals surface area contributed by atoms with Crippen LogP contribution in [0.4, 0.5) is 0 Å². The largest absolute Gasteiger partial charge is 0.422 e. The second kappa shape index (κ2) is 5.96. The molecule has 0 radical (unpaired) electrons. The number of carbonyl (C=O) groups excluding carboxylic acids is 3. The zero-order valence-electron chi connectivity index (χ0n) is 12.2. The van der Waals surface area contributed by atoms with Gasteiger partial charge in [0.2, 0.25) is 4.51 Å². The maximum Gasteiger partial charge on any atom is 0.404 e. The lowest BCUT2D eigenvalue weighted by Gasteiger charge is -2.54. The monoisotopic (exact) mass is 402 g/mol. The minimum Gasteiger partial charge on any atom is -0.422 e. The number of aliphatic hydroxyl groups is 4. The summed E-state index contributed by atoms with van der Waals surface area (Å²) in [4.78, 5) is 33.6. The van der Waals surface area contributed by atoms with Gasteiger partial charge in [0, 0.05) is 20.8 Å². The number of carbonyl (C=O) groups is 3. The smallest absolute Gasteiger partial charge is 0.404 e. The van der Waals surface area contributed by atoms with Gasteiger partial charge in [-0.1, -0.05) is 0 Å². The molecule has 0 saturated carbocycles. The highest BCUT2D eigenvalue weighted by molar-refractivity contribution is 9.10. The molecule has 12 heteroatoms. The van der Waals surface area contributed by atoms with Gasteiger partial charge in [0.05, 0.1) is 6.61 Å². The fourth-order valence-electron chi connectivity index (χ4n) is 1.85. The van der Waals surface area contributed by atoms with Crippen LogP contribution >= 0.6 is 15.9 Å². The third-order valence-corrected chi connectivity index (χ3v) is 3.50. The van der Waals surface area contributed by atoms with E-state index in [9.17, 15) is 34.8 Å². The van der Waals surface area contributed by atoms with E-state index < -0.39 is 46.6 Å². The Labute approximate surface area is 137 Å². The van der Waals surface area contributed by atoms with Gasteiger partial charge in [0.25, 0.3) is 0 Å². The van der Waals surface area contributed by atoms with Crippen molar-refractivity contribution >= 4 is 33.8 Å². The fourth-order valence-corrected chi connectivity index (χ4v) is 2.32. The molecular formula is C11H15BrO11. The van der Waals surface area contributed by atoms with Crippen molar-refractivity contribution in [2.75, 3.05) is 6.61 Å². The second-order valence-electron chi connectivity index (χ2n) is 4.70. The maximum absolute atomic E-state index is 11.2. The molecule has 1 aliphatic rings. The molecule has 4 atom stereocenters. The standard InChI is InChI=1S/C11H15BrO11/c1-5(13)21-9(17)8(12,16)4-20-11(19,23-7(3)15)10(9,18)22-6(2)14/h16-19H,4H2,1-3H3/t8-,9+,10+,11?/m0/s1. The van der Waals surface area contributed by atoms with E-state index >= 15 is 0 Å². The van der Waals surface area contributed by atoms with Crippen molar-refractivity contribution < 1.29 is 53.8 Å². The van der Waals surface area contributed by atoms with Crippen LogP contribution < -0.4 is 0 Å². The molecule has 0 aliphatic carbocycles. The molecule has 1 heterocycles. The Morgan fingerprint density at radius 2 is 1.26 bits per heavy atom. The quantitative estimate of drug-likeness (QED) is 0.175. The SMILES string of the molecule is CC(=O)OC1(O)OC[C@@](O)(Br)[C@@](O)(OC(C)=O)[C@@]1(O)OC(C)=O. The summed E-state index contributed by atoms with van der Waals surface area (Å²) in [5.41, 5.74) is 0. The van der Waals surface area contributed by atoms with Crippen molar-refractivity contribution in [1.82, 2.24) is 0 Å². The summed E-state index contributed by atoms with van der Waals surface area (Å²) in [6.45, 7) is 1.29. The number of hydrogen-bond donors (Lipinski definition) is 4. The van der Waals surface area contributed by atoms with Crippen molar-refractivity contribution in [3.05, 3.63) is 0 Å². The van der Waals surface area contributed by atoms with Crippen molar-refractivity contribution in [3.63, 3.8) is 0 Å². The summed E-state index contributed by atoms with van der Waals surface area (Å²) in [6, 6.07) is 0. The van der Waals surface area contributed by atoms with Crippen molar-refractivity contribution in [3.8, 4) is 0 Å². The van der Waals surface area contributed by atoms with Crippen LogP contribution in [0.15, 0.2) is 0 Å². The molecule has 23 heavy (non-hydrogen) atoms. The van der Waals surface area contributed by atoms with E-state index in [1.165, 1.54) is 0 Å². The predicted octanol–water partition coefficient (Wildman–Crippen LogP) is -2.19. The first-order valence-corrected chi connectivity index (χ1v) is 6.81. The van der Waals surface area contributed by atoms with Crippen LogP contribution in [0.5, 0.6) is 0 Å². The first-order valence-electron chi connectivity index (χ1n) is 6.02. The number of rotatable bonds is 3. The second-order valence-corrected chi connectivity index (χ2v) is 6.01. The number of halogens is 1. The highest BCUT2D eigenvalue weighted by atomic mass is 79.9. The molecule has 1 saturated heterocycles. The molecule has 1 fully saturated rings. The molecule has 1 aliphatic heterocycles. The van der Waals surface area contributed by atoms with Gasteiger partial charge >= 0.3 is 35.5 Å². The molecule has 0 spiro atoms. The molecule has 0 bridgehead atoms. The van der Waals surface area contributed by atoms with E-state index in [1.807, 2.05) is 0 Å². The van der Waals surface area contributed by atoms with E-state index in [1.54, 1.807) is 0 Å². The molecule has 0 aromatic heterocycles. The van der Waals surface area contributed by atoms with Crippen molar-refractivity contribution in [2.24, 2.45) is 0 Å². The molecule has 4 N–H and O–H groups in total. The van der Waals surface area contributed by atoms with Gasteiger partial charge in [-0.05, 0) is 15.9 Å². The minimum absolute atomic E-state index is 0.752. The van der Waals surface area contributed by atoms with Crippen LogP contribution in [0, 0.1) is 0 Å². The van der Waals surface area contributed by atoms with Crippen LogP contribution in [0.3, 0.4) is 0 Å². The zero-order valence-corrected chi connectivity index (χ0v) is 13.8. The predicted molar refractivity (Wildman–Crippen MR) is 70.0 cm³/mol. The summed E-state index contributed by atoms with van der Waals surface area (Å²) in [5.74, 6) is -14.5. The van der Waals surface area contributed by atoms with Crippen LogP contribution in [0.2, 0.25) is 0 Å². The molecule has 11 nitrogen and oxygen atoms in total. The normalized spacial score (nSPS) is 40.2. The summed E-state index contributed by atoms with van der Waals surface area (Å²) < 4.78 is 15.1. The highest BCUT2D eigenvalue weighted by Gasteiger charge is 2.82. The lowest BCUT2D eigenvalue weighted by atomic mass is 9.93. The molecular weight excluding hydrogens is 388 g/mol. The Bertz CT molecular complexity index is 534. The summed E-state index contributed by atoms with van der Waals surface area (Å²) in [5, 5.41) is 41.3. The van der Waals surface area contributed by atoms with Gasteiger partial charge in [-0.15, -0.1) is 0 Å². The van der Waals surface area contributed by atoms with Gasteiger partial charge in [-0.25, -0.2) is 0 Å². The Morgan fingerprint density at radius 3 is 1.65 bits per heavy atom. The van der Waals surface area contributed by atoms with E-state index in [4.69, 9.17) is 0 Å². The Morgan fingerprint density at radius 1 is 0.870 bits per heavy atom. The van der Waals surface area contributed by atoms with Gasteiger partial charge in [0.1, 0.15) is 0 Å². The summed E-state index contributed by atoms with van der Waals surface area (Å²) in [7, 11) is 0. The van der Waals surface area contributed by atoms with Crippen LogP contribution in [0.1, 0.15) is 20.8 Å². The molecule has 0 aromatic rings. The van der Waals surface area contributed by atoms with Gasteiger partial charge in [-0.2, -0.15) is 0 Å². The maximum atomic E-state index is 11.2. The lowest BCUT2D eigenvalue weighted by molar-refractivity contribution is -0.549. The highest BCUT2D eigenvalue weighted by Crippen LogP contribution is 2.50. The minimum atomic E-state index is -3.74.